The number of rotatable bonds is 7. The maximum atomic E-state index is 11.6. The lowest BCUT2D eigenvalue weighted by atomic mass is 10.2. The quantitative estimate of drug-likeness (QED) is 0.426. The van der Waals surface area contributed by atoms with E-state index in [4.69, 9.17) is 14.2 Å². The number of hydrogen-bond donors (Lipinski definition) is 1. The molecule has 0 saturated heterocycles. The Hall–Kier alpha value is -3.62. The monoisotopic (exact) mass is 401 g/mol. The van der Waals surface area contributed by atoms with Crippen molar-refractivity contribution in [2.24, 2.45) is 5.10 Å². The first-order chi connectivity index (χ1) is 13.7. The van der Waals surface area contributed by atoms with Crippen LogP contribution >= 0.6 is 0 Å². The van der Waals surface area contributed by atoms with Crippen LogP contribution in [0.15, 0.2) is 47.6 Å². The van der Waals surface area contributed by atoms with Gasteiger partial charge < -0.3 is 14.2 Å². The van der Waals surface area contributed by atoms with E-state index >= 15 is 0 Å². The zero-order valence-electron chi connectivity index (χ0n) is 16.7. The summed E-state index contributed by atoms with van der Waals surface area (Å²) in [5, 5.41) is 14.6. The average molecular weight is 401 g/mol. The third-order valence-electron chi connectivity index (χ3n) is 3.50. The largest absolute Gasteiger partial charge is 0.493 e. The molecule has 0 aliphatic carbocycles. The van der Waals surface area contributed by atoms with Crippen LogP contribution in [0.25, 0.3) is 0 Å². The summed E-state index contributed by atoms with van der Waals surface area (Å²) in [6.07, 6.45) is 0.791. The van der Waals surface area contributed by atoms with Crippen LogP contribution in [0.4, 0.5) is 10.5 Å². The van der Waals surface area contributed by atoms with Crippen molar-refractivity contribution in [3.63, 3.8) is 0 Å². The molecule has 0 fully saturated rings. The highest BCUT2D eigenvalue weighted by molar-refractivity contribution is 5.82. The summed E-state index contributed by atoms with van der Waals surface area (Å²) in [6.45, 7) is 5.47. The second-order valence-electron chi connectivity index (χ2n) is 6.99. The molecular weight excluding hydrogens is 378 g/mol. The van der Waals surface area contributed by atoms with Crippen molar-refractivity contribution in [2.75, 3.05) is 7.11 Å². The lowest BCUT2D eigenvalue weighted by molar-refractivity contribution is -0.384. The number of hydrogen-bond acceptors (Lipinski definition) is 7. The van der Waals surface area contributed by atoms with Crippen molar-refractivity contribution in [3.8, 4) is 11.5 Å². The van der Waals surface area contributed by atoms with E-state index in [1.807, 2.05) is 0 Å². The predicted molar refractivity (Wildman–Crippen MR) is 107 cm³/mol. The number of nitrogens with zero attached hydrogens (tertiary/aromatic N) is 2. The van der Waals surface area contributed by atoms with E-state index in [9.17, 15) is 14.9 Å². The fourth-order valence-corrected chi connectivity index (χ4v) is 2.22. The molecule has 0 atom stereocenters. The van der Waals surface area contributed by atoms with Crippen LogP contribution in [0.3, 0.4) is 0 Å². The molecule has 0 radical (unpaired) electrons. The van der Waals surface area contributed by atoms with Crippen molar-refractivity contribution in [3.05, 3.63) is 63.7 Å². The molecule has 2 aromatic carbocycles. The van der Waals surface area contributed by atoms with Crippen LogP contribution in [-0.4, -0.2) is 29.9 Å². The number of hydrazone groups is 1. The van der Waals surface area contributed by atoms with Gasteiger partial charge in [0.25, 0.3) is 5.69 Å². The van der Waals surface area contributed by atoms with Gasteiger partial charge in [-0.3, -0.25) is 10.1 Å². The van der Waals surface area contributed by atoms with Crippen LogP contribution in [0.1, 0.15) is 31.9 Å². The number of nitrogens with one attached hydrogen (secondary N) is 1. The van der Waals surface area contributed by atoms with E-state index in [1.54, 1.807) is 51.1 Å². The lowest BCUT2D eigenvalue weighted by Crippen LogP contribution is -2.29. The standard InChI is InChI=1S/C20H23N3O6/c1-20(2,3)29-19(24)22-21-12-15-7-10-17(27-4)18(11-15)28-13-14-5-8-16(9-6-14)23(25)26/h5-12H,13H2,1-4H3,(H,22,24)/b21-12-. The van der Waals surface area contributed by atoms with Crippen molar-refractivity contribution in [2.45, 2.75) is 33.0 Å². The number of non-ortho nitro benzene ring substituents is 1. The van der Waals surface area contributed by atoms with E-state index in [2.05, 4.69) is 10.5 Å². The summed E-state index contributed by atoms with van der Waals surface area (Å²) in [5.74, 6) is 0.983. The molecule has 0 unspecified atom stereocenters. The maximum absolute atomic E-state index is 11.6. The molecule has 0 aliphatic heterocycles. The molecule has 0 saturated carbocycles. The Morgan fingerprint density at radius 2 is 1.86 bits per heavy atom. The molecule has 1 N–H and O–H groups in total. The van der Waals surface area contributed by atoms with Gasteiger partial charge in [0, 0.05) is 12.1 Å². The number of carbonyl (C=O) groups is 1. The second kappa shape index (κ2) is 9.54. The van der Waals surface area contributed by atoms with Gasteiger partial charge in [-0.1, -0.05) is 0 Å². The van der Waals surface area contributed by atoms with Gasteiger partial charge in [0.05, 0.1) is 18.2 Å². The third kappa shape index (κ3) is 7.13. The molecule has 29 heavy (non-hydrogen) atoms. The van der Waals surface area contributed by atoms with E-state index in [0.717, 1.165) is 5.56 Å². The van der Waals surface area contributed by atoms with E-state index in [0.29, 0.717) is 17.1 Å². The van der Waals surface area contributed by atoms with Crippen LogP contribution < -0.4 is 14.9 Å². The predicted octanol–water partition coefficient (Wildman–Crippen LogP) is 4.04. The Bertz CT molecular complexity index is 888. The Morgan fingerprint density at radius 1 is 1.17 bits per heavy atom. The minimum atomic E-state index is -0.656. The summed E-state index contributed by atoms with van der Waals surface area (Å²) in [7, 11) is 1.52. The first kappa shape index (κ1) is 21.7. The van der Waals surface area contributed by atoms with Crippen LogP contribution in [0, 0.1) is 10.1 Å². The van der Waals surface area contributed by atoms with Gasteiger partial charge in [0.2, 0.25) is 0 Å². The van der Waals surface area contributed by atoms with Gasteiger partial charge in [0.1, 0.15) is 12.2 Å². The third-order valence-corrected chi connectivity index (χ3v) is 3.50. The topological polar surface area (TPSA) is 112 Å². The van der Waals surface area contributed by atoms with E-state index < -0.39 is 16.6 Å². The summed E-state index contributed by atoms with van der Waals surface area (Å²) in [5.41, 5.74) is 3.13. The van der Waals surface area contributed by atoms with E-state index in [1.165, 1.54) is 25.5 Å². The first-order valence-electron chi connectivity index (χ1n) is 8.74. The zero-order valence-corrected chi connectivity index (χ0v) is 16.7. The fourth-order valence-electron chi connectivity index (χ4n) is 2.22. The number of nitro groups is 1. The Kier molecular flexibility index (Phi) is 7.13. The van der Waals surface area contributed by atoms with Gasteiger partial charge in [-0.2, -0.15) is 5.10 Å². The molecule has 154 valence electrons. The van der Waals surface area contributed by atoms with Gasteiger partial charge >= 0.3 is 6.09 Å². The van der Waals surface area contributed by atoms with Gasteiger partial charge in [-0.25, -0.2) is 10.2 Å². The highest BCUT2D eigenvalue weighted by Gasteiger charge is 2.15. The molecule has 0 bridgehead atoms. The van der Waals surface area contributed by atoms with Gasteiger partial charge in [0.15, 0.2) is 11.5 Å². The Labute approximate surface area is 168 Å². The van der Waals surface area contributed by atoms with Crippen molar-refractivity contribution in [1.29, 1.82) is 0 Å². The number of benzene rings is 2. The van der Waals surface area contributed by atoms with E-state index in [-0.39, 0.29) is 12.3 Å². The zero-order chi connectivity index (χ0) is 21.4. The minimum Gasteiger partial charge on any atom is -0.493 e. The number of amides is 1. The van der Waals surface area contributed by atoms with Crippen molar-refractivity contribution < 1.29 is 23.9 Å². The first-order valence-corrected chi connectivity index (χ1v) is 8.74. The SMILES string of the molecule is COc1ccc(/C=N\NC(=O)OC(C)(C)C)cc1OCc1ccc([N+](=O)[O-])cc1. The molecule has 0 spiro atoms. The fraction of sp³-hybridized carbons (Fsp3) is 0.300. The molecule has 9 nitrogen and oxygen atoms in total. The number of ether oxygens (including phenoxy) is 3. The molecule has 0 aliphatic rings. The van der Waals surface area contributed by atoms with Crippen molar-refractivity contribution >= 4 is 18.0 Å². The smallest absolute Gasteiger partial charge is 0.428 e. The highest BCUT2D eigenvalue weighted by atomic mass is 16.6. The van der Waals surface area contributed by atoms with Crippen LogP contribution in [0.2, 0.25) is 0 Å². The lowest BCUT2D eigenvalue weighted by Gasteiger charge is -2.18. The molecule has 2 aromatic rings. The average Bonchev–Trinajstić information content (AvgIpc) is 2.65. The molecule has 2 rings (SSSR count). The number of carbonyl (C=O) groups excluding carboxylic acids is 1. The van der Waals surface area contributed by atoms with Crippen LogP contribution in [-0.2, 0) is 11.3 Å². The summed E-state index contributed by atoms with van der Waals surface area (Å²) >= 11 is 0. The number of methoxy groups -OCH3 is 1. The molecule has 0 aromatic heterocycles. The highest BCUT2D eigenvalue weighted by Crippen LogP contribution is 2.28. The minimum absolute atomic E-state index is 0.0158. The Balaban J connectivity index is 2.03. The molecule has 0 heterocycles. The van der Waals surface area contributed by atoms with Gasteiger partial charge in [-0.05, 0) is 62.2 Å². The van der Waals surface area contributed by atoms with Crippen LogP contribution in [0.5, 0.6) is 11.5 Å². The Morgan fingerprint density at radius 3 is 2.45 bits per heavy atom. The molecule has 9 heteroatoms. The van der Waals surface area contributed by atoms with Gasteiger partial charge in [-0.15, -0.1) is 0 Å². The summed E-state index contributed by atoms with van der Waals surface area (Å²) in [4.78, 5) is 21.9. The second-order valence-corrected chi connectivity index (χ2v) is 6.99. The van der Waals surface area contributed by atoms with Crippen molar-refractivity contribution in [1.82, 2.24) is 5.43 Å². The number of nitro benzene ring substituents is 1. The normalized spacial score (nSPS) is 11.2. The molecular formula is C20H23N3O6. The molecule has 1 amide bonds. The maximum Gasteiger partial charge on any atom is 0.428 e. The summed E-state index contributed by atoms with van der Waals surface area (Å²) in [6, 6.07) is 11.2. The summed E-state index contributed by atoms with van der Waals surface area (Å²) < 4.78 is 16.2.